The number of carbonyl (C=O) groups is 3. The Balaban J connectivity index is 1.77. The van der Waals surface area contributed by atoms with Crippen molar-refractivity contribution in [3.05, 3.63) is 35.0 Å². The standard InChI is InChI=1S/C14H11FN2O3S/c15-8-2-1-7-5-11(21-10(7)6-8)14(20)16-9-3-4-12(18)17-13(9)19/h1-2,5-6,9H,3-4H2,(H,16,20)(H,17,18,19). The van der Waals surface area contributed by atoms with Gasteiger partial charge in [-0.1, -0.05) is 6.07 Å². The molecule has 0 aliphatic carbocycles. The van der Waals surface area contributed by atoms with Gasteiger partial charge in [0.1, 0.15) is 11.9 Å². The van der Waals surface area contributed by atoms with Gasteiger partial charge in [-0.3, -0.25) is 19.7 Å². The second kappa shape index (κ2) is 5.25. The van der Waals surface area contributed by atoms with Crippen molar-refractivity contribution in [3.8, 4) is 0 Å². The number of carbonyl (C=O) groups excluding carboxylic acids is 3. The summed E-state index contributed by atoms with van der Waals surface area (Å²) < 4.78 is 13.8. The van der Waals surface area contributed by atoms with Crippen LogP contribution in [0.4, 0.5) is 4.39 Å². The number of halogens is 1. The van der Waals surface area contributed by atoms with E-state index in [0.717, 1.165) is 16.7 Å². The van der Waals surface area contributed by atoms with Crippen molar-refractivity contribution in [1.29, 1.82) is 0 Å². The Kier molecular flexibility index (Phi) is 3.42. The highest BCUT2D eigenvalue weighted by Gasteiger charge is 2.28. The molecule has 0 spiro atoms. The molecule has 1 aliphatic heterocycles. The van der Waals surface area contributed by atoms with Gasteiger partial charge in [-0.2, -0.15) is 0 Å². The molecule has 1 aliphatic rings. The number of piperidine rings is 1. The number of thiophene rings is 1. The van der Waals surface area contributed by atoms with E-state index >= 15 is 0 Å². The predicted molar refractivity (Wildman–Crippen MR) is 75.4 cm³/mol. The Morgan fingerprint density at radius 1 is 1.33 bits per heavy atom. The molecule has 3 rings (SSSR count). The Hall–Kier alpha value is -2.28. The summed E-state index contributed by atoms with van der Waals surface area (Å²) in [6.07, 6.45) is 0.490. The van der Waals surface area contributed by atoms with Crippen LogP contribution in [-0.2, 0) is 9.59 Å². The number of rotatable bonds is 2. The van der Waals surface area contributed by atoms with Crippen LogP contribution in [0.3, 0.4) is 0 Å². The van der Waals surface area contributed by atoms with E-state index in [1.165, 1.54) is 12.1 Å². The molecule has 0 saturated carbocycles. The third kappa shape index (κ3) is 2.78. The van der Waals surface area contributed by atoms with Crippen molar-refractivity contribution in [2.24, 2.45) is 0 Å². The number of nitrogens with one attached hydrogen (secondary N) is 2. The van der Waals surface area contributed by atoms with E-state index in [9.17, 15) is 18.8 Å². The van der Waals surface area contributed by atoms with Crippen LogP contribution in [0.1, 0.15) is 22.5 Å². The van der Waals surface area contributed by atoms with Gasteiger partial charge in [0.2, 0.25) is 11.8 Å². The normalized spacial score (nSPS) is 18.6. The van der Waals surface area contributed by atoms with Gasteiger partial charge in [-0.25, -0.2) is 4.39 Å². The number of imide groups is 1. The summed E-state index contributed by atoms with van der Waals surface area (Å²) in [7, 11) is 0. The minimum Gasteiger partial charge on any atom is -0.340 e. The van der Waals surface area contributed by atoms with Crippen LogP contribution < -0.4 is 10.6 Å². The third-order valence-corrected chi connectivity index (χ3v) is 4.35. The average molecular weight is 306 g/mol. The molecule has 1 saturated heterocycles. The van der Waals surface area contributed by atoms with Crippen LogP contribution >= 0.6 is 11.3 Å². The SMILES string of the molecule is O=C1CCC(NC(=O)c2cc3ccc(F)cc3s2)C(=O)N1. The van der Waals surface area contributed by atoms with Gasteiger partial charge in [-0.15, -0.1) is 11.3 Å². The van der Waals surface area contributed by atoms with E-state index in [1.807, 2.05) is 0 Å². The van der Waals surface area contributed by atoms with E-state index in [0.29, 0.717) is 9.58 Å². The molecule has 3 amide bonds. The smallest absolute Gasteiger partial charge is 0.262 e. The summed E-state index contributed by atoms with van der Waals surface area (Å²) in [5.41, 5.74) is 0. The molecule has 1 aromatic heterocycles. The molecule has 1 aromatic carbocycles. The zero-order chi connectivity index (χ0) is 15.0. The van der Waals surface area contributed by atoms with E-state index in [4.69, 9.17) is 0 Å². The molecule has 2 N–H and O–H groups in total. The number of hydrogen-bond acceptors (Lipinski definition) is 4. The highest BCUT2D eigenvalue weighted by molar-refractivity contribution is 7.20. The summed E-state index contributed by atoms with van der Waals surface area (Å²) in [6.45, 7) is 0. The second-order valence-electron chi connectivity index (χ2n) is 4.77. The first-order valence-corrected chi connectivity index (χ1v) is 7.18. The molecular formula is C14H11FN2O3S. The summed E-state index contributed by atoms with van der Waals surface area (Å²) in [5.74, 6) is -1.58. The lowest BCUT2D eigenvalue weighted by Gasteiger charge is -2.21. The van der Waals surface area contributed by atoms with Crippen LogP contribution in [0.5, 0.6) is 0 Å². The Bertz CT molecular complexity index is 756. The maximum absolute atomic E-state index is 13.1. The van der Waals surface area contributed by atoms with Crippen molar-refractivity contribution in [1.82, 2.24) is 10.6 Å². The van der Waals surface area contributed by atoms with E-state index in [1.54, 1.807) is 12.1 Å². The molecule has 108 valence electrons. The van der Waals surface area contributed by atoms with Gasteiger partial charge in [-0.05, 0) is 30.0 Å². The zero-order valence-electron chi connectivity index (χ0n) is 10.8. The molecule has 1 unspecified atom stereocenters. The molecule has 1 atom stereocenters. The van der Waals surface area contributed by atoms with E-state index in [2.05, 4.69) is 10.6 Å². The van der Waals surface area contributed by atoms with Crippen molar-refractivity contribution in [2.45, 2.75) is 18.9 Å². The maximum atomic E-state index is 13.1. The fourth-order valence-corrected chi connectivity index (χ4v) is 3.17. The first-order valence-electron chi connectivity index (χ1n) is 6.36. The van der Waals surface area contributed by atoms with Crippen LogP contribution in [0.15, 0.2) is 24.3 Å². The van der Waals surface area contributed by atoms with Gasteiger partial charge in [0.25, 0.3) is 5.91 Å². The topological polar surface area (TPSA) is 75.3 Å². The molecule has 1 fully saturated rings. The maximum Gasteiger partial charge on any atom is 0.262 e. The lowest BCUT2D eigenvalue weighted by atomic mass is 10.1. The van der Waals surface area contributed by atoms with E-state index in [-0.39, 0.29) is 24.6 Å². The molecule has 21 heavy (non-hydrogen) atoms. The number of benzene rings is 1. The Morgan fingerprint density at radius 3 is 2.90 bits per heavy atom. The zero-order valence-corrected chi connectivity index (χ0v) is 11.6. The fraction of sp³-hybridized carbons (Fsp3) is 0.214. The van der Waals surface area contributed by atoms with Gasteiger partial charge < -0.3 is 5.32 Å². The predicted octanol–water partition coefficient (Wildman–Crippen LogP) is 1.58. The van der Waals surface area contributed by atoms with Crippen molar-refractivity contribution < 1.29 is 18.8 Å². The Morgan fingerprint density at radius 2 is 2.14 bits per heavy atom. The largest absolute Gasteiger partial charge is 0.340 e. The Labute approximate surface area is 123 Å². The van der Waals surface area contributed by atoms with Gasteiger partial charge in [0.15, 0.2) is 0 Å². The molecule has 0 radical (unpaired) electrons. The summed E-state index contributed by atoms with van der Waals surface area (Å²) >= 11 is 1.16. The molecule has 5 nitrogen and oxygen atoms in total. The second-order valence-corrected chi connectivity index (χ2v) is 5.85. The van der Waals surface area contributed by atoms with Crippen LogP contribution in [0, 0.1) is 5.82 Å². The highest BCUT2D eigenvalue weighted by Crippen LogP contribution is 2.26. The fourth-order valence-electron chi connectivity index (χ4n) is 2.18. The van der Waals surface area contributed by atoms with E-state index < -0.39 is 17.9 Å². The molecule has 0 bridgehead atoms. The molecular weight excluding hydrogens is 295 g/mol. The molecule has 2 heterocycles. The van der Waals surface area contributed by atoms with Gasteiger partial charge in [0.05, 0.1) is 4.88 Å². The van der Waals surface area contributed by atoms with Gasteiger partial charge in [0, 0.05) is 11.1 Å². The number of amides is 3. The first-order chi connectivity index (χ1) is 10.0. The monoisotopic (exact) mass is 306 g/mol. The molecule has 7 heteroatoms. The molecule has 2 aromatic rings. The number of fused-ring (bicyclic) bond motifs is 1. The van der Waals surface area contributed by atoms with Crippen molar-refractivity contribution in [3.63, 3.8) is 0 Å². The number of hydrogen-bond donors (Lipinski definition) is 2. The minimum absolute atomic E-state index is 0.203. The third-order valence-electron chi connectivity index (χ3n) is 3.25. The lowest BCUT2D eigenvalue weighted by Crippen LogP contribution is -2.52. The summed E-state index contributed by atoms with van der Waals surface area (Å²) in [5, 5.41) is 5.55. The van der Waals surface area contributed by atoms with Crippen LogP contribution in [0.25, 0.3) is 10.1 Å². The lowest BCUT2D eigenvalue weighted by molar-refractivity contribution is -0.134. The van der Waals surface area contributed by atoms with Gasteiger partial charge >= 0.3 is 0 Å². The van der Waals surface area contributed by atoms with Crippen LogP contribution in [0.2, 0.25) is 0 Å². The highest BCUT2D eigenvalue weighted by atomic mass is 32.1. The average Bonchev–Trinajstić information content (AvgIpc) is 2.85. The van der Waals surface area contributed by atoms with Crippen molar-refractivity contribution >= 4 is 39.1 Å². The summed E-state index contributed by atoms with van der Waals surface area (Å²) in [4.78, 5) is 35.2. The summed E-state index contributed by atoms with van der Waals surface area (Å²) in [6, 6.07) is 5.24. The quantitative estimate of drug-likeness (QED) is 0.827. The minimum atomic E-state index is -0.711. The van der Waals surface area contributed by atoms with Crippen LogP contribution in [-0.4, -0.2) is 23.8 Å². The van der Waals surface area contributed by atoms with Crippen molar-refractivity contribution in [2.75, 3.05) is 0 Å². The first kappa shape index (κ1) is 13.7.